The predicted molar refractivity (Wildman–Crippen MR) is 63.0 cm³/mol. The van der Waals surface area contributed by atoms with Crippen molar-refractivity contribution in [2.24, 2.45) is 16.6 Å². The lowest BCUT2D eigenvalue weighted by Crippen LogP contribution is -2.28. The zero-order chi connectivity index (χ0) is 11.1. The van der Waals surface area contributed by atoms with Crippen molar-refractivity contribution in [3.63, 3.8) is 0 Å². The fourth-order valence-corrected chi connectivity index (χ4v) is 0.694. The van der Waals surface area contributed by atoms with E-state index in [0.29, 0.717) is 17.5 Å². The summed E-state index contributed by atoms with van der Waals surface area (Å²) in [7, 11) is 0. The lowest BCUT2D eigenvalue weighted by atomic mass is 10.2. The molecule has 0 heterocycles. The van der Waals surface area contributed by atoms with Crippen LogP contribution in [0.15, 0.2) is 29.0 Å². The monoisotopic (exact) mass is 195 g/mol. The van der Waals surface area contributed by atoms with Crippen molar-refractivity contribution in [1.82, 2.24) is 5.32 Å². The van der Waals surface area contributed by atoms with Gasteiger partial charge in [0.15, 0.2) is 0 Å². The van der Waals surface area contributed by atoms with Crippen LogP contribution < -0.4 is 11.1 Å². The van der Waals surface area contributed by atoms with Crippen molar-refractivity contribution in [3.8, 4) is 0 Å². The van der Waals surface area contributed by atoms with E-state index in [9.17, 15) is 0 Å². The molecule has 0 fully saturated rings. The maximum atomic E-state index is 5.70. The van der Waals surface area contributed by atoms with Crippen molar-refractivity contribution < 1.29 is 0 Å². The van der Waals surface area contributed by atoms with Gasteiger partial charge in [-0.05, 0) is 19.8 Å². The fourth-order valence-electron chi connectivity index (χ4n) is 0.694. The minimum Gasteiger partial charge on any atom is -0.382 e. The number of allylic oxidation sites excluding steroid dienone is 1. The first-order valence-corrected chi connectivity index (χ1v) is 4.83. The molecule has 3 N–H and O–H groups in total. The zero-order valence-corrected chi connectivity index (χ0v) is 9.59. The Morgan fingerprint density at radius 3 is 2.50 bits per heavy atom. The van der Waals surface area contributed by atoms with Gasteiger partial charge >= 0.3 is 0 Å². The number of aliphatic imine (C=N–C) groups is 1. The second-order valence-electron chi connectivity index (χ2n) is 3.97. The molecule has 80 valence electrons. The second-order valence-corrected chi connectivity index (χ2v) is 3.97. The third-order valence-corrected chi connectivity index (χ3v) is 1.49. The van der Waals surface area contributed by atoms with Crippen molar-refractivity contribution in [3.05, 3.63) is 24.0 Å². The first-order chi connectivity index (χ1) is 6.43. The summed E-state index contributed by atoms with van der Waals surface area (Å²) in [5.74, 6) is 1.02. The van der Waals surface area contributed by atoms with Crippen LogP contribution in [0.25, 0.3) is 0 Å². The molecule has 0 spiro atoms. The van der Waals surface area contributed by atoms with E-state index < -0.39 is 0 Å². The molecule has 0 atom stereocenters. The molecule has 0 aliphatic rings. The third-order valence-electron chi connectivity index (χ3n) is 1.49. The highest BCUT2D eigenvalue weighted by atomic mass is 15.0. The van der Waals surface area contributed by atoms with Crippen LogP contribution in [0.5, 0.6) is 0 Å². The molecule has 0 aliphatic heterocycles. The highest BCUT2D eigenvalue weighted by Crippen LogP contribution is 1.94. The topological polar surface area (TPSA) is 50.4 Å². The Morgan fingerprint density at radius 2 is 2.07 bits per heavy atom. The van der Waals surface area contributed by atoms with E-state index in [0.717, 1.165) is 12.1 Å². The maximum Gasteiger partial charge on any atom is 0.146 e. The maximum absolute atomic E-state index is 5.70. The van der Waals surface area contributed by atoms with E-state index in [1.807, 2.05) is 13.8 Å². The molecule has 0 rings (SSSR count). The van der Waals surface area contributed by atoms with Gasteiger partial charge in [-0.25, -0.2) is 4.99 Å². The second kappa shape index (κ2) is 6.24. The minimum atomic E-state index is 0.451. The Balaban J connectivity index is 4.12. The van der Waals surface area contributed by atoms with Gasteiger partial charge in [0.05, 0.1) is 5.70 Å². The Kier molecular flexibility index (Phi) is 5.68. The standard InChI is InChI=1S/C11H21N3/c1-8(2)6-13-10(5)11(12)14-7-9(3)4/h7-8,13H,5-6H2,1-4H3,(H2,12,14). The molecule has 3 nitrogen and oxygen atoms in total. The number of nitrogens with zero attached hydrogens (tertiary/aromatic N) is 1. The zero-order valence-electron chi connectivity index (χ0n) is 9.59. The Bertz CT molecular complexity index is 245. The summed E-state index contributed by atoms with van der Waals surface area (Å²) < 4.78 is 0. The van der Waals surface area contributed by atoms with Gasteiger partial charge in [0.1, 0.15) is 5.84 Å². The molecule has 0 radical (unpaired) electrons. The average Bonchev–Trinajstić information content (AvgIpc) is 2.09. The van der Waals surface area contributed by atoms with Gasteiger partial charge in [-0.2, -0.15) is 0 Å². The largest absolute Gasteiger partial charge is 0.382 e. The van der Waals surface area contributed by atoms with Crippen LogP contribution in [-0.2, 0) is 0 Å². The number of rotatable bonds is 5. The first kappa shape index (κ1) is 12.8. The summed E-state index contributed by atoms with van der Waals surface area (Å²) >= 11 is 0. The molecule has 0 saturated carbocycles. The average molecular weight is 195 g/mol. The minimum absolute atomic E-state index is 0.451. The first-order valence-electron chi connectivity index (χ1n) is 4.83. The predicted octanol–water partition coefficient (Wildman–Crippen LogP) is 2.03. The van der Waals surface area contributed by atoms with Crippen molar-refractivity contribution >= 4 is 5.84 Å². The molecule has 0 aromatic rings. The number of nitrogens with two attached hydrogens (primary N) is 1. The highest BCUT2D eigenvalue weighted by molar-refractivity contribution is 5.96. The van der Waals surface area contributed by atoms with Crippen molar-refractivity contribution in [2.75, 3.05) is 6.54 Å². The number of hydrogen-bond donors (Lipinski definition) is 2. The van der Waals surface area contributed by atoms with E-state index in [4.69, 9.17) is 5.73 Å². The number of amidine groups is 1. The molecule has 0 aliphatic carbocycles. The van der Waals surface area contributed by atoms with E-state index in [1.165, 1.54) is 0 Å². The molecular formula is C11H21N3. The summed E-state index contributed by atoms with van der Waals surface area (Å²) in [4.78, 5) is 4.07. The summed E-state index contributed by atoms with van der Waals surface area (Å²) in [6, 6.07) is 0. The number of hydrogen-bond acceptors (Lipinski definition) is 2. The molecule has 0 unspecified atom stereocenters. The van der Waals surface area contributed by atoms with Gasteiger partial charge in [-0.1, -0.05) is 26.0 Å². The van der Waals surface area contributed by atoms with Gasteiger partial charge in [0.25, 0.3) is 0 Å². The molecular weight excluding hydrogens is 174 g/mol. The third kappa shape index (κ3) is 6.29. The summed E-state index contributed by atoms with van der Waals surface area (Å²) in [5, 5.41) is 3.13. The molecule has 0 aromatic carbocycles. The fraction of sp³-hybridized carbons (Fsp3) is 0.545. The molecule has 0 bridgehead atoms. The lowest BCUT2D eigenvalue weighted by Gasteiger charge is -2.10. The van der Waals surface area contributed by atoms with E-state index >= 15 is 0 Å². The Labute approximate surface area is 86.8 Å². The highest BCUT2D eigenvalue weighted by Gasteiger charge is 1.99. The summed E-state index contributed by atoms with van der Waals surface area (Å²) in [6.45, 7) is 12.9. The smallest absolute Gasteiger partial charge is 0.146 e. The van der Waals surface area contributed by atoms with Crippen LogP contribution in [0.2, 0.25) is 0 Å². The van der Waals surface area contributed by atoms with Crippen LogP contribution in [-0.4, -0.2) is 12.4 Å². The molecule has 3 heteroatoms. The van der Waals surface area contributed by atoms with Gasteiger partial charge in [0.2, 0.25) is 0 Å². The van der Waals surface area contributed by atoms with Crippen molar-refractivity contribution in [2.45, 2.75) is 27.7 Å². The van der Waals surface area contributed by atoms with Crippen LogP contribution in [0, 0.1) is 5.92 Å². The van der Waals surface area contributed by atoms with Crippen molar-refractivity contribution in [1.29, 1.82) is 0 Å². The van der Waals surface area contributed by atoms with Gasteiger partial charge in [-0.3, -0.25) is 0 Å². The van der Waals surface area contributed by atoms with E-state index in [1.54, 1.807) is 6.20 Å². The molecule has 0 aromatic heterocycles. The molecule has 14 heavy (non-hydrogen) atoms. The number of nitrogens with one attached hydrogen (secondary N) is 1. The normalized spacial score (nSPS) is 11.4. The van der Waals surface area contributed by atoms with Crippen LogP contribution in [0.3, 0.4) is 0 Å². The molecule has 0 amide bonds. The van der Waals surface area contributed by atoms with Gasteiger partial charge in [-0.15, -0.1) is 0 Å². The quantitative estimate of drug-likeness (QED) is 0.521. The Morgan fingerprint density at radius 1 is 1.50 bits per heavy atom. The summed E-state index contributed by atoms with van der Waals surface area (Å²) in [6.07, 6.45) is 1.73. The van der Waals surface area contributed by atoms with Crippen LogP contribution in [0.1, 0.15) is 27.7 Å². The van der Waals surface area contributed by atoms with Gasteiger partial charge in [0, 0.05) is 12.7 Å². The molecule has 0 saturated heterocycles. The SMILES string of the molecule is C=C(NCC(C)C)C(N)=NC=C(C)C. The van der Waals surface area contributed by atoms with Crippen LogP contribution >= 0.6 is 0 Å². The summed E-state index contributed by atoms with van der Waals surface area (Å²) in [5.41, 5.74) is 7.50. The van der Waals surface area contributed by atoms with E-state index in [2.05, 4.69) is 30.7 Å². The van der Waals surface area contributed by atoms with E-state index in [-0.39, 0.29) is 0 Å². The van der Waals surface area contributed by atoms with Gasteiger partial charge < -0.3 is 11.1 Å². The Hall–Kier alpha value is -1.25. The lowest BCUT2D eigenvalue weighted by molar-refractivity contribution is 0.605. The van der Waals surface area contributed by atoms with Crippen LogP contribution in [0.4, 0.5) is 0 Å².